The van der Waals surface area contributed by atoms with Gasteiger partial charge in [0.2, 0.25) is 0 Å². The molecule has 2 saturated heterocycles. The first-order chi connectivity index (χ1) is 14.7. The van der Waals surface area contributed by atoms with Gasteiger partial charge in [-0.2, -0.15) is 0 Å². The average Bonchev–Trinajstić information content (AvgIpc) is 3.49. The molecule has 1 unspecified atom stereocenters. The van der Waals surface area contributed by atoms with E-state index in [4.69, 9.17) is 14.2 Å². The summed E-state index contributed by atoms with van der Waals surface area (Å²) >= 11 is 0. The van der Waals surface area contributed by atoms with E-state index < -0.39 is 5.79 Å². The Morgan fingerprint density at radius 1 is 1.10 bits per heavy atom. The molecular weight excluding hydrogens is 386 g/mol. The van der Waals surface area contributed by atoms with Gasteiger partial charge in [0.15, 0.2) is 11.4 Å². The molecule has 4 aromatic heterocycles. The molecule has 0 amide bonds. The highest BCUT2D eigenvalue weighted by Crippen LogP contribution is 2.36. The fourth-order valence-corrected chi connectivity index (χ4v) is 4.50. The number of fused-ring (bicyclic) bond motifs is 2. The van der Waals surface area contributed by atoms with E-state index in [1.54, 1.807) is 17.0 Å². The van der Waals surface area contributed by atoms with Crippen molar-refractivity contribution in [2.75, 3.05) is 26.4 Å². The lowest BCUT2D eigenvalue weighted by Gasteiger charge is -2.39. The molecule has 0 bridgehead atoms. The maximum atomic E-state index is 12.7. The van der Waals surface area contributed by atoms with E-state index in [9.17, 15) is 4.79 Å². The predicted octanol–water partition coefficient (Wildman–Crippen LogP) is 2.05. The number of nitrogens with one attached hydrogen (secondary N) is 2. The van der Waals surface area contributed by atoms with Crippen LogP contribution in [-0.4, -0.2) is 56.7 Å². The minimum atomic E-state index is -0.671. The number of hydrogen-bond acceptors (Lipinski definition) is 6. The second-order valence-corrected chi connectivity index (χ2v) is 7.80. The molecule has 2 aliphatic heterocycles. The molecule has 0 radical (unpaired) electrons. The van der Waals surface area contributed by atoms with E-state index in [1.807, 2.05) is 18.3 Å². The first kappa shape index (κ1) is 17.8. The van der Waals surface area contributed by atoms with Crippen molar-refractivity contribution >= 4 is 22.2 Å². The normalized spacial score (nSPS) is 21.1. The lowest BCUT2D eigenvalue weighted by atomic mass is 9.94. The van der Waals surface area contributed by atoms with Crippen molar-refractivity contribution in [1.29, 1.82) is 0 Å². The fourth-order valence-electron chi connectivity index (χ4n) is 4.50. The molecule has 2 N–H and O–H groups in total. The SMILES string of the molecule is O=c1[nH]c2ncc(-c3cnc4[nH]ccc4c3)cc2n1CC1COCCC12OCCO2. The summed E-state index contributed by atoms with van der Waals surface area (Å²) in [6.45, 7) is 2.65. The largest absolute Gasteiger partial charge is 0.381 e. The molecule has 2 fully saturated rings. The molecule has 30 heavy (non-hydrogen) atoms. The van der Waals surface area contributed by atoms with Crippen LogP contribution in [0.15, 0.2) is 41.6 Å². The zero-order valence-electron chi connectivity index (χ0n) is 16.3. The number of imidazole rings is 1. The van der Waals surface area contributed by atoms with Gasteiger partial charge in [-0.25, -0.2) is 14.8 Å². The summed E-state index contributed by atoms with van der Waals surface area (Å²) in [7, 11) is 0. The topological polar surface area (TPSA) is 107 Å². The molecule has 1 atom stereocenters. The summed E-state index contributed by atoms with van der Waals surface area (Å²) in [4.78, 5) is 27.6. The number of H-pyrrole nitrogens is 2. The summed E-state index contributed by atoms with van der Waals surface area (Å²) in [6, 6.07) is 6.01. The van der Waals surface area contributed by atoms with Crippen LogP contribution in [0.3, 0.4) is 0 Å². The summed E-state index contributed by atoms with van der Waals surface area (Å²) in [6.07, 6.45) is 6.09. The molecule has 154 valence electrons. The van der Waals surface area contributed by atoms with Gasteiger partial charge in [-0.05, 0) is 18.2 Å². The zero-order chi connectivity index (χ0) is 20.1. The molecule has 6 rings (SSSR count). The molecule has 0 aliphatic carbocycles. The van der Waals surface area contributed by atoms with E-state index >= 15 is 0 Å². The standard InChI is InChI=1S/C21H21N5O4/c27-20-25-19-17(26(20)11-16-12-28-4-2-21(16)29-5-6-30-21)8-15(10-24-19)14-7-13-1-3-22-18(13)23-9-14/h1,3,7-10,16H,2,4-6,11-12H2,(H,22,23)(H,24,25,27). The molecule has 2 aliphatic rings. The van der Waals surface area contributed by atoms with Crippen molar-refractivity contribution in [2.24, 2.45) is 5.92 Å². The lowest BCUT2D eigenvalue weighted by molar-refractivity contribution is -0.242. The van der Waals surface area contributed by atoms with Gasteiger partial charge in [-0.3, -0.25) is 9.55 Å². The van der Waals surface area contributed by atoms with Crippen LogP contribution in [0.2, 0.25) is 0 Å². The molecular formula is C21H21N5O4. The van der Waals surface area contributed by atoms with Gasteiger partial charge in [0, 0.05) is 48.1 Å². The number of pyridine rings is 2. The van der Waals surface area contributed by atoms with E-state index in [2.05, 4.69) is 26.0 Å². The molecule has 0 aromatic carbocycles. The lowest BCUT2D eigenvalue weighted by Crippen LogP contribution is -2.48. The van der Waals surface area contributed by atoms with Gasteiger partial charge in [-0.1, -0.05) is 0 Å². The van der Waals surface area contributed by atoms with E-state index in [0.29, 0.717) is 45.0 Å². The first-order valence-electron chi connectivity index (χ1n) is 10.1. The molecule has 1 spiro atoms. The van der Waals surface area contributed by atoms with E-state index in [0.717, 1.165) is 27.7 Å². The van der Waals surface area contributed by atoms with Crippen LogP contribution in [0.1, 0.15) is 6.42 Å². The minimum absolute atomic E-state index is 0.0769. The van der Waals surface area contributed by atoms with Gasteiger partial charge >= 0.3 is 5.69 Å². The van der Waals surface area contributed by atoms with Gasteiger partial charge < -0.3 is 19.2 Å². The molecule has 4 aromatic rings. The Kier molecular flexibility index (Phi) is 4.02. The minimum Gasteiger partial charge on any atom is -0.381 e. The van der Waals surface area contributed by atoms with Crippen LogP contribution in [-0.2, 0) is 20.8 Å². The van der Waals surface area contributed by atoms with Crippen LogP contribution < -0.4 is 5.69 Å². The molecule has 9 heteroatoms. The summed E-state index contributed by atoms with van der Waals surface area (Å²) < 4.78 is 19.3. The summed E-state index contributed by atoms with van der Waals surface area (Å²) in [5, 5.41) is 1.02. The quantitative estimate of drug-likeness (QED) is 0.538. The number of rotatable bonds is 3. The second kappa shape index (κ2) is 6.76. The van der Waals surface area contributed by atoms with Crippen molar-refractivity contribution in [2.45, 2.75) is 18.8 Å². The van der Waals surface area contributed by atoms with Crippen molar-refractivity contribution < 1.29 is 14.2 Å². The zero-order valence-corrected chi connectivity index (χ0v) is 16.3. The first-order valence-corrected chi connectivity index (χ1v) is 10.1. The number of aromatic nitrogens is 5. The van der Waals surface area contributed by atoms with Crippen LogP contribution in [0.5, 0.6) is 0 Å². The number of aromatic amines is 2. The highest BCUT2D eigenvalue weighted by molar-refractivity contribution is 5.84. The predicted molar refractivity (Wildman–Crippen MR) is 109 cm³/mol. The monoisotopic (exact) mass is 407 g/mol. The van der Waals surface area contributed by atoms with Crippen LogP contribution in [0.4, 0.5) is 0 Å². The van der Waals surface area contributed by atoms with Crippen molar-refractivity contribution in [3.8, 4) is 11.1 Å². The van der Waals surface area contributed by atoms with Gasteiger partial charge in [0.1, 0.15) is 5.65 Å². The Labute approximate surface area is 171 Å². The van der Waals surface area contributed by atoms with Crippen LogP contribution in [0.25, 0.3) is 33.3 Å². The van der Waals surface area contributed by atoms with Crippen LogP contribution in [0, 0.1) is 5.92 Å². The maximum Gasteiger partial charge on any atom is 0.327 e. The third kappa shape index (κ3) is 2.78. The molecule has 0 saturated carbocycles. The van der Waals surface area contributed by atoms with Crippen molar-refractivity contribution in [3.05, 3.63) is 47.3 Å². The Hall–Kier alpha value is -3.01. The van der Waals surface area contributed by atoms with Crippen molar-refractivity contribution in [1.82, 2.24) is 24.5 Å². The summed E-state index contributed by atoms with van der Waals surface area (Å²) in [5.74, 6) is -0.748. The van der Waals surface area contributed by atoms with E-state index in [1.165, 1.54) is 0 Å². The number of nitrogens with zero attached hydrogens (tertiary/aromatic N) is 3. The average molecular weight is 407 g/mol. The fraction of sp³-hybridized carbons (Fsp3) is 0.381. The second-order valence-electron chi connectivity index (χ2n) is 7.80. The van der Waals surface area contributed by atoms with Crippen LogP contribution >= 0.6 is 0 Å². The number of ether oxygens (including phenoxy) is 3. The third-order valence-electron chi connectivity index (χ3n) is 6.08. The molecule has 6 heterocycles. The summed E-state index contributed by atoms with van der Waals surface area (Å²) in [5.41, 5.74) is 3.77. The smallest absolute Gasteiger partial charge is 0.327 e. The Morgan fingerprint density at radius 3 is 2.77 bits per heavy atom. The molecule has 9 nitrogen and oxygen atoms in total. The highest BCUT2D eigenvalue weighted by Gasteiger charge is 2.47. The van der Waals surface area contributed by atoms with Gasteiger partial charge in [-0.15, -0.1) is 0 Å². The third-order valence-corrected chi connectivity index (χ3v) is 6.08. The van der Waals surface area contributed by atoms with Crippen molar-refractivity contribution in [3.63, 3.8) is 0 Å². The van der Waals surface area contributed by atoms with E-state index in [-0.39, 0.29) is 11.6 Å². The Morgan fingerprint density at radius 2 is 1.90 bits per heavy atom. The highest BCUT2D eigenvalue weighted by atomic mass is 16.7. The Bertz CT molecular complexity index is 1280. The Balaban J connectivity index is 1.40. The maximum absolute atomic E-state index is 12.7. The number of hydrogen-bond donors (Lipinski definition) is 2. The van der Waals surface area contributed by atoms with Gasteiger partial charge in [0.25, 0.3) is 0 Å². The van der Waals surface area contributed by atoms with Gasteiger partial charge in [0.05, 0.1) is 37.9 Å².